The van der Waals surface area contributed by atoms with Crippen molar-refractivity contribution in [3.63, 3.8) is 0 Å². The minimum atomic E-state index is -0.463. The lowest BCUT2D eigenvalue weighted by molar-refractivity contribution is 0.340. The summed E-state index contributed by atoms with van der Waals surface area (Å²) in [5.41, 5.74) is 4.30. The summed E-state index contributed by atoms with van der Waals surface area (Å²) >= 11 is 5.69. The van der Waals surface area contributed by atoms with E-state index in [1.165, 1.54) is 12.1 Å². The number of nitrogens with two attached hydrogens (primary N) is 1. The molecule has 2 rings (SSSR count). The van der Waals surface area contributed by atoms with Crippen LogP contribution in [0.15, 0.2) is 42.5 Å². The molecule has 1 atom stereocenters. The van der Waals surface area contributed by atoms with Crippen LogP contribution in [0.2, 0.25) is 5.02 Å². The number of hydrogen-bond donors (Lipinski definition) is 2. The molecule has 0 saturated carbocycles. The van der Waals surface area contributed by atoms with Crippen LogP contribution in [0.4, 0.5) is 4.39 Å². The quantitative estimate of drug-likeness (QED) is 0.656. The van der Waals surface area contributed by atoms with Crippen LogP contribution >= 0.6 is 11.6 Å². The van der Waals surface area contributed by atoms with Crippen molar-refractivity contribution >= 4 is 11.6 Å². The van der Waals surface area contributed by atoms with Crippen LogP contribution in [-0.4, -0.2) is 6.61 Å². The number of halogens is 2. The van der Waals surface area contributed by atoms with Gasteiger partial charge in [-0.25, -0.2) is 9.82 Å². The predicted octanol–water partition coefficient (Wildman–Crippen LogP) is 3.43. The Morgan fingerprint density at radius 3 is 2.40 bits per heavy atom. The highest BCUT2D eigenvalue weighted by Crippen LogP contribution is 2.26. The van der Waals surface area contributed by atoms with Gasteiger partial charge >= 0.3 is 0 Å². The van der Waals surface area contributed by atoms with Crippen molar-refractivity contribution in [2.45, 2.75) is 13.0 Å². The average molecular weight is 295 g/mol. The summed E-state index contributed by atoms with van der Waals surface area (Å²) in [5.74, 6) is 5.91. The van der Waals surface area contributed by atoms with Gasteiger partial charge in [-0.15, -0.1) is 0 Å². The minimum Gasteiger partial charge on any atom is -0.494 e. The van der Waals surface area contributed by atoms with Gasteiger partial charge in [-0.1, -0.05) is 29.8 Å². The second-order valence-corrected chi connectivity index (χ2v) is 4.68. The van der Waals surface area contributed by atoms with E-state index in [0.29, 0.717) is 12.2 Å². The first-order valence-electron chi connectivity index (χ1n) is 6.29. The van der Waals surface area contributed by atoms with Gasteiger partial charge in [0.1, 0.15) is 11.6 Å². The van der Waals surface area contributed by atoms with E-state index in [1.54, 1.807) is 6.07 Å². The van der Waals surface area contributed by atoms with Gasteiger partial charge in [-0.3, -0.25) is 5.84 Å². The third kappa shape index (κ3) is 3.28. The molecule has 20 heavy (non-hydrogen) atoms. The highest BCUT2D eigenvalue weighted by Gasteiger charge is 2.14. The number of hydrazine groups is 1. The van der Waals surface area contributed by atoms with Gasteiger partial charge in [0.25, 0.3) is 0 Å². The molecule has 0 amide bonds. The molecule has 0 spiro atoms. The Morgan fingerprint density at radius 1 is 1.20 bits per heavy atom. The van der Waals surface area contributed by atoms with Gasteiger partial charge in [0.05, 0.1) is 17.7 Å². The SMILES string of the molecule is CCOc1ccc(C(NN)c2ccc(Cl)c(F)c2)cc1. The minimum absolute atomic E-state index is 0.0937. The fourth-order valence-electron chi connectivity index (χ4n) is 2.00. The van der Waals surface area contributed by atoms with Gasteiger partial charge in [-0.05, 0) is 42.3 Å². The van der Waals surface area contributed by atoms with Crippen molar-refractivity contribution in [2.24, 2.45) is 5.84 Å². The van der Waals surface area contributed by atoms with E-state index < -0.39 is 5.82 Å². The average Bonchev–Trinajstić information content (AvgIpc) is 2.46. The molecule has 0 aliphatic rings. The first kappa shape index (κ1) is 14.8. The summed E-state index contributed by atoms with van der Waals surface area (Å²) in [6.45, 7) is 2.54. The maximum absolute atomic E-state index is 13.5. The first-order valence-corrected chi connectivity index (χ1v) is 6.67. The fraction of sp³-hybridized carbons (Fsp3) is 0.200. The number of hydrogen-bond acceptors (Lipinski definition) is 3. The van der Waals surface area contributed by atoms with Crippen molar-refractivity contribution in [3.8, 4) is 5.75 Å². The maximum Gasteiger partial charge on any atom is 0.142 e. The first-order chi connectivity index (χ1) is 9.65. The Labute approximate surface area is 122 Å². The summed E-state index contributed by atoms with van der Waals surface area (Å²) < 4.78 is 18.9. The normalized spacial score (nSPS) is 12.2. The van der Waals surface area contributed by atoms with Crippen molar-refractivity contribution in [1.82, 2.24) is 5.43 Å². The fourth-order valence-corrected chi connectivity index (χ4v) is 2.12. The van der Waals surface area contributed by atoms with Gasteiger partial charge in [0, 0.05) is 0 Å². The van der Waals surface area contributed by atoms with Crippen LogP contribution in [0.3, 0.4) is 0 Å². The van der Waals surface area contributed by atoms with Crippen LogP contribution in [0, 0.1) is 5.82 Å². The Morgan fingerprint density at radius 2 is 1.85 bits per heavy atom. The summed E-state index contributed by atoms with van der Waals surface area (Å²) in [7, 11) is 0. The van der Waals surface area contributed by atoms with E-state index in [2.05, 4.69) is 5.43 Å². The molecule has 106 valence electrons. The number of rotatable bonds is 5. The van der Waals surface area contributed by atoms with Crippen LogP contribution in [0.5, 0.6) is 5.75 Å². The molecule has 2 aromatic carbocycles. The molecule has 0 heterocycles. The smallest absolute Gasteiger partial charge is 0.142 e. The zero-order valence-electron chi connectivity index (χ0n) is 11.1. The van der Waals surface area contributed by atoms with Gasteiger partial charge < -0.3 is 4.74 Å². The lowest BCUT2D eigenvalue weighted by Gasteiger charge is -2.17. The Balaban J connectivity index is 2.29. The van der Waals surface area contributed by atoms with Crippen LogP contribution in [0.1, 0.15) is 24.1 Å². The molecular formula is C15H16ClFN2O. The summed E-state index contributed by atoms with van der Waals surface area (Å²) in [5, 5.41) is 0.0937. The molecular weight excluding hydrogens is 279 g/mol. The van der Waals surface area contributed by atoms with Crippen molar-refractivity contribution < 1.29 is 9.13 Å². The van der Waals surface area contributed by atoms with Gasteiger partial charge in [-0.2, -0.15) is 0 Å². The molecule has 0 fully saturated rings. The van der Waals surface area contributed by atoms with E-state index in [-0.39, 0.29) is 11.1 Å². The predicted molar refractivity (Wildman–Crippen MR) is 78.2 cm³/mol. The van der Waals surface area contributed by atoms with Gasteiger partial charge in [0.15, 0.2) is 0 Å². The molecule has 1 unspecified atom stereocenters. The highest BCUT2D eigenvalue weighted by atomic mass is 35.5. The van der Waals surface area contributed by atoms with Crippen molar-refractivity contribution in [2.75, 3.05) is 6.61 Å². The monoisotopic (exact) mass is 294 g/mol. The van der Waals surface area contributed by atoms with E-state index in [9.17, 15) is 4.39 Å². The number of benzene rings is 2. The molecule has 0 aliphatic heterocycles. The highest BCUT2D eigenvalue weighted by molar-refractivity contribution is 6.30. The Hall–Kier alpha value is -1.62. The van der Waals surface area contributed by atoms with Gasteiger partial charge in [0.2, 0.25) is 0 Å². The van der Waals surface area contributed by atoms with Crippen LogP contribution in [0.25, 0.3) is 0 Å². The zero-order chi connectivity index (χ0) is 14.5. The maximum atomic E-state index is 13.5. The topological polar surface area (TPSA) is 47.3 Å². The number of ether oxygens (including phenoxy) is 1. The third-order valence-electron chi connectivity index (χ3n) is 2.97. The van der Waals surface area contributed by atoms with Crippen LogP contribution < -0.4 is 16.0 Å². The second kappa shape index (κ2) is 6.70. The molecule has 5 heteroatoms. The summed E-state index contributed by atoms with van der Waals surface area (Å²) in [6, 6.07) is 11.8. The summed E-state index contributed by atoms with van der Waals surface area (Å²) in [4.78, 5) is 0. The largest absolute Gasteiger partial charge is 0.494 e. The molecule has 3 nitrogen and oxygen atoms in total. The van der Waals surface area contributed by atoms with Crippen molar-refractivity contribution in [3.05, 3.63) is 64.4 Å². The Bertz CT molecular complexity index is 575. The van der Waals surface area contributed by atoms with E-state index in [1.807, 2.05) is 31.2 Å². The van der Waals surface area contributed by atoms with E-state index in [4.69, 9.17) is 22.2 Å². The third-order valence-corrected chi connectivity index (χ3v) is 3.27. The van der Waals surface area contributed by atoms with Crippen molar-refractivity contribution in [1.29, 1.82) is 0 Å². The van der Waals surface area contributed by atoms with E-state index >= 15 is 0 Å². The lowest BCUT2D eigenvalue weighted by atomic mass is 9.99. The standard InChI is InChI=1S/C15H16ClFN2O/c1-2-20-12-6-3-10(4-7-12)15(19-18)11-5-8-13(16)14(17)9-11/h3-9,15,19H,2,18H2,1H3. The Kier molecular flexibility index (Phi) is 4.95. The molecule has 0 radical (unpaired) electrons. The molecule has 0 aliphatic carbocycles. The zero-order valence-corrected chi connectivity index (χ0v) is 11.8. The van der Waals surface area contributed by atoms with Crippen LogP contribution in [-0.2, 0) is 0 Å². The number of nitrogens with one attached hydrogen (secondary N) is 1. The molecule has 3 N–H and O–H groups in total. The summed E-state index contributed by atoms with van der Waals surface area (Å²) in [6.07, 6.45) is 0. The molecule has 0 aromatic heterocycles. The second-order valence-electron chi connectivity index (χ2n) is 4.28. The lowest BCUT2D eigenvalue weighted by Crippen LogP contribution is -2.28. The van der Waals surface area contributed by atoms with E-state index in [0.717, 1.165) is 11.3 Å². The molecule has 0 saturated heterocycles. The molecule has 2 aromatic rings. The molecule has 0 bridgehead atoms.